The maximum Gasteiger partial charge on any atom is 0.379 e. The number of thiophene rings is 1. The number of nitrogens with one attached hydrogen (secondary N) is 2. The molecule has 0 saturated heterocycles. The number of Topliss-reactive ketones (excluding diaryl/α,β-unsaturated/α-hetero) is 1. The number of ketones is 1. The zero-order chi connectivity index (χ0) is 18.0. The molecule has 5 nitrogen and oxygen atoms in total. The Hall–Kier alpha value is -2.22. The van der Waals surface area contributed by atoms with Gasteiger partial charge in [-0.25, -0.2) is 4.79 Å². The summed E-state index contributed by atoms with van der Waals surface area (Å²) >= 11 is 13.0. The average Bonchev–Trinajstić information content (AvgIpc) is 3.14. The molecule has 0 spiro atoms. The van der Waals surface area contributed by atoms with Gasteiger partial charge in [-0.05, 0) is 35.3 Å². The van der Waals surface area contributed by atoms with E-state index < -0.39 is 17.8 Å². The molecule has 2 aromatic rings. The molecule has 1 aromatic heterocycles. The zero-order valence-corrected chi connectivity index (χ0v) is 15.4. The number of methoxy groups -OCH3 is 1. The van der Waals surface area contributed by atoms with Crippen LogP contribution in [0.5, 0.6) is 0 Å². The molecule has 0 fully saturated rings. The first kappa shape index (κ1) is 17.6. The second-order valence-electron chi connectivity index (χ2n) is 5.14. The molecule has 0 bridgehead atoms. The van der Waals surface area contributed by atoms with Gasteiger partial charge in [0.25, 0.3) is 5.78 Å². The Labute approximate surface area is 158 Å². The zero-order valence-electron chi connectivity index (χ0n) is 13.0. The summed E-state index contributed by atoms with van der Waals surface area (Å²) in [6.07, 6.45) is 0. The van der Waals surface area contributed by atoms with E-state index >= 15 is 0 Å². The topological polar surface area (TPSA) is 67.4 Å². The molecule has 0 radical (unpaired) electrons. The molecule has 1 aromatic carbocycles. The molecule has 1 aliphatic heterocycles. The molecule has 0 aliphatic carbocycles. The van der Waals surface area contributed by atoms with Crippen molar-refractivity contribution in [3.63, 3.8) is 0 Å². The fourth-order valence-corrected chi connectivity index (χ4v) is 3.77. The standard InChI is InChI=1S/C17H13ClN2O3S2/c1-23-16(22)15(21)12-13(9-5-2-3-6-10(9)18)19-17(24)20-14(12)11-7-4-8-25-11/h2-8,13H,1H3,(H2,19,20,24)/t13-/m1/s1. The highest BCUT2D eigenvalue weighted by Gasteiger charge is 2.36. The third kappa shape index (κ3) is 3.44. The molecular formula is C17H13ClN2O3S2. The van der Waals surface area contributed by atoms with Gasteiger partial charge in [0, 0.05) is 5.02 Å². The fraction of sp³-hybridized carbons (Fsp3) is 0.118. The molecule has 1 atom stereocenters. The van der Waals surface area contributed by atoms with Crippen LogP contribution >= 0.6 is 35.2 Å². The van der Waals surface area contributed by atoms with Crippen LogP contribution in [0.4, 0.5) is 0 Å². The van der Waals surface area contributed by atoms with Gasteiger partial charge in [-0.2, -0.15) is 0 Å². The van der Waals surface area contributed by atoms with Gasteiger partial charge < -0.3 is 15.4 Å². The van der Waals surface area contributed by atoms with Gasteiger partial charge in [-0.3, -0.25) is 4.79 Å². The lowest BCUT2D eigenvalue weighted by atomic mass is 9.91. The maximum atomic E-state index is 12.7. The Morgan fingerprint density at radius 1 is 1.24 bits per heavy atom. The van der Waals surface area contributed by atoms with Crippen molar-refractivity contribution in [3.05, 3.63) is 62.8 Å². The van der Waals surface area contributed by atoms with E-state index in [0.29, 0.717) is 21.4 Å². The molecule has 1 aliphatic rings. The lowest BCUT2D eigenvalue weighted by Crippen LogP contribution is -2.45. The third-order valence-electron chi connectivity index (χ3n) is 3.67. The lowest BCUT2D eigenvalue weighted by Gasteiger charge is -2.31. The molecule has 128 valence electrons. The van der Waals surface area contributed by atoms with E-state index in [1.807, 2.05) is 17.5 Å². The number of benzene rings is 1. The van der Waals surface area contributed by atoms with E-state index in [2.05, 4.69) is 15.4 Å². The number of carbonyl (C=O) groups is 2. The summed E-state index contributed by atoms with van der Waals surface area (Å²) in [7, 11) is 1.17. The summed E-state index contributed by atoms with van der Waals surface area (Å²) < 4.78 is 4.63. The van der Waals surface area contributed by atoms with Crippen molar-refractivity contribution in [3.8, 4) is 0 Å². The highest BCUT2D eigenvalue weighted by atomic mass is 35.5. The minimum Gasteiger partial charge on any atom is -0.463 e. The molecule has 2 heterocycles. The minimum absolute atomic E-state index is 0.219. The number of halogens is 1. The summed E-state index contributed by atoms with van der Waals surface area (Å²) in [6, 6.07) is 10.1. The Bertz CT molecular complexity index is 878. The predicted octanol–water partition coefficient (Wildman–Crippen LogP) is 3.07. The van der Waals surface area contributed by atoms with Crippen molar-refractivity contribution in [2.45, 2.75) is 6.04 Å². The third-order valence-corrected chi connectivity index (χ3v) is 5.12. The summed E-state index contributed by atoms with van der Waals surface area (Å²) in [5, 5.41) is 8.70. The fourth-order valence-electron chi connectivity index (χ4n) is 2.57. The normalized spacial score (nSPS) is 16.9. The highest BCUT2D eigenvalue weighted by molar-refractivity contribution is 7.80. The lowest BCUT2D eigenvalue weighted by molar-refractivity contribution is -0.150. The van der Waals surface area contributed by atoms with Crippen LogP contribution in [0.25, 0.3) is 5.70 Å². The first-order valence-corrected chi connectivity index (χ1v) is 8.92. The van der Waals surface area contributed by atoms with Crippen LogP contribution in [-0.4, -0.2) is 24.0 Å². The van der Waals surface area contributed by atoms with Crippen molar-refractivity contribution < 1.29 is 14.3 Å². The summed E-state index contributed by atoms with van der Waals surface area (Å²) in [5.74, 6) is -1.70. The van der Waals surface area contributed by atoms with Crippen molar-refractivity contribution in [2.75, 3.05) is 7.11 Å². The van der Waals surface area contributed by atoms with Crippen LogP contribution < -0.4 is 10.6 Å². The second-order valence-corrected chi connectivity index (χ2v) is 6.90. The largest absolute Gasteiger partial charge is 0.463 e. The second kappa shape index (κ2) is 7.35. The van der Waals surface area contributed by atoms with E-state index in [1.165, 1.54) is 18.4 Å². The van der Waals surface area contributed by atoms with Gasteiger partial charge in [0.2, 0.25) is 0 Å². The van der Waals surface area contributed by atoms with Gasteiger partial charge in [0.05, 0.1) is 29.3 Å². The van der Waals surface area contributed by atoms with E-state index in [1.54, 1.807) is 24.3 Å². The maximum absolute atomic E-state index is 12.7. The van der Waals surface area contributed by atoms with Crippen LogP contribution in [0.15, 0.2) is 47.4 Å². The number of esters is 1. The molecule has 0 amide bonds. The van der Waals surface area contributed by atoms with Crippen molar-refractivity contribution in [1.82, 2.24) is 10.6 Å². The highest BCUT2D eigenvalue weighted by Crippen LogP contribution is 2.36. The SMILES string of the molecule is COC(=O)C(=O)C1=C(c2cccs2)NC(=S)N[C@@H]1c1ccccc1Cl. The quantitative estimate of drug-likeness (QED) is 0.473. The number of carbonyl (C=O) groups excluding carboxylic acids is 2. The molecular weight excluding hydrogens is 380 g/mol. The first-order chi connectivity index (χ1) is 12.0. The Morgan fingerprint density at radius 3 is 2.64 bits per heavy atom. The van der Waals surface area contributed by atoms with E-state index in [4.69, 9.17) is 23.8 Å². The number of ether oxygens (including phenoxy) is 1. The average molecular weight is 393 g/mol. The van der Waals surface area contributed by atoms with Crippen molar-refractivity contribution in [2.24, 2.45) is 0 Å². The summed E-state index contributed by atoms with van der Waals surface area (Å²) in [4.78, 5) is 25.5. The molecule has 3 rings (SSSR count). The van der Waals surface area contributed by atoms with Crippen LogP contribution in [0.2, 0.25) is 5.02 Å². The van der Waals surface area contributed by atoms with Crippen molar-refractivity contribution in [1.29, 1.82) is 0 Å². The van der Waals surface area contributed by atoms with Crippen LogP contribution in [0.3, 0.4) is 0 Å². The molecule has 2 N–H and O–H groups in total. The van der Waals surface area contributed by atoms with Crippen LogP contribution in [0, 0.1) is 0 Å². The number of hydrogen-bond acceptors (Lipinski definition) is 5. The van der Waals surface area contributed by atoms with Gasteiger partial charge in [0.15, 0.2) is 5.11 Å². The summed E-state index contributed by atoms with van der Waals surface area (Å²) in [6.45, 7) is 0. The van der Waals surface area contributed by atoms with E-state index in [0.717, 1.165) is 4.88 Å². The van der Waals surface area contributed by atoms with Gasteiger partial charge >= 0.3 is 5.97 Å². The van der Waals surface area contributed by atoms with Gasteiger partial charge in [0.1, 0.15) is 0 Å². The van der Waals surface area contributed by atoms with Crippen LogP contribution in [0.1, 0.15) is 16.5 Å². The van der Waals surface area contributed by atoms with Gasteiger partial charge in [-0.15, -0.1) is 11.3 Å². The van der Waals surface area contributed by atoms with Crippen LogP contribution in [-0.2, 0) is 14.3 Å². The number of thiocarbonyl (C=S) groups is 1. The Morgan fingerprint density at radius 2 is 2.00 bits per heavy atom. The van der Waals surface area contributed by atoms with Gasteiger partial charge in [-0.1, -0.05) is 35.9 Å². The molecule has 8 heteroatoms. The first-order valence-electron chi connectivity index (χ1n) is 7.25. The van der Waals surface area contributed by atoms with Crippen molar-refractivity contribution >= 4 is 57.7 Å². The minimum atomic E-state index is -0.947. The monoisotopic (exact) mass is 392 g/mol. The molecule has 0 saturated carbocycles. The summed E-state index contributed by atoms with van der Waals surface area (Å²) in [5.41, 5.74) is 1.35. The number of hydrogen-bond donors (Lipinski definition) is 2. The van der Waals surface area contributed by atoms with E-state index in [9.17, 15) is 9.59 Å². The molecule has 25 heavy (non-hydrogen) atoms. The molecule has 0 unspecified atom stereocenters. The Balaban J connectivity index is 2.23. The number of rotatable bonds is 4. The Kier molecular flexibility index (Phi) is 5.17. The predicted molar refractivity (Wildman–Crippen MR) is 101 cm³/mol. The van der Waals surface area contributed by atoms with E-state index in [-0.39, 0.29) is 5.57 Å². The smallest absolute Gasteiger partial charge is 0.379 e.